The number of hydrogen-bond donors (Lipinski definition) is 1. The molecule has 49 heavy (non-hydrogen) atoms. The van der Waals surface area contributed by atoms with Crippen LogP contribution in [0.25, 0.3) is 0 Å². The minimum Gasteiger partial charge on any atom is -0.455 e. The van der Waals surface area contributed by atoms with Gasteiger partial charge in [-0.1, -0.05) is 44.2 Å². The summed E-state index contributed by atoms with van der Waals surface area (Å²) in [5, 5.41) is 2.79. The number of carbonyl (C=O) groups excluding carboxylic acids is 3. The highest BCUT2D eigenvalue weighted by atomic mass is 17.2. The van der Waals surface area contributed by atoms with Gasteiger partial charge in [0.1, 0.15) is 37.6 Å². The molecule has 1 N–H and O–H groups in total. The number of rotatable bonds is 25. The molecule has 0 aromatic heterocycles. The molecule has 1 amide bonds. The molecule has 6 unspecified atom stereocenters. The Morgan fingerprint density at radius 1 is 0.816 bits per heavy atom. The van der Waals surface area contributed by atoms with Gasteiger partial charge in [-0.15, -0.1) is 6.58 Å². The zero-order valence-electron chi connectivity index (χ0n) is 29.3. The summed E-state index contributed by atoms with van der Waals surface area (Å²) in [4.78, 5) is 72.7. The summed E-state index contributed by atoms with van der Waals surface area (Å²) in [6.45, 7) is 19.9. The van der Waals surface area contributed by atoms with Gasteiger partial charge in [-0.3, -0.25) is 9.79 Å². The van der Waals surface area contributed by atoms with Crippen LogP contribution in [0.2, 0.25) is 0 Å². The first-order valence-corrected chi connectivity index (χ1v) is 17.2. The number of aliphatic imine (C=N–C) groups is 1. The van der Waals surface area contributed by atoms with Crippen molar-refractivity contribution in [3.8, 4) is 0 Å². The van der Waals surface area contributed by atoms with Crippen molar-refractivity contribution in [3.05, 3.63) is 49.6 Å². The third-order valence-electron chi connectivity index (χ3n) is 8.11. The fraction of sp³-hybridized carbons (Fsp3) is 0.667. The van der Waals surface area contributed by atoms with Gasteiger partial charge in [0.05, 0.1) is 6.61 Å². The number of ether oxygens (including phenoxy) is 2. The lowest BCUT2D eigenvalue weighted by molar-refractivity contribution is -0.372. The second-order valence-electron chi connectivity index (χ2n) is 12.7. The number of allylic oxidation sites excluding steroid dienone is 1. The molecule has 0 radical (unpaired) electrons. The van der Waals surface area contributed by atoms with E-state index in [1.807, 2.05) is 6.92 Å². The highest BCUT2D eigenvalue weighted by Gasteiger charge is 2.37. The van der Waals surface area contributed by atoms with Crippen molar-refractivity contribution in [1.82, 2.24) is 5.32 Å². The quantitative estimate of drug-likeness (QED) is 0.0169. The molecule has 0 aromatic carbocycles. The van der Waals surface area contributed by atoms with Crippen LogP contribution in [0.4, 0.5) is 4.79 Å². The number of alkyl carbamates (subject to hydrolysis) is 1. The molecule has 0 aromatic rings. The Hall–Kier alpha value is -3.36. The summed E-state index contributed by atoms with van der Waals surface area (Å²) in [5.41, 5.74) is 1.12. The highest BCUT2D eigenvalue weighted by molar-refractivity contribution is 5.89. The molecule has 2 aliphatic carbocycles. The van der Waals surface area contributed by atoms with Gasteiger partial charge < -0.3 is 19.7 Å². The maximum absolute atomic E-state index is 12.6. The van der Waals surface area contributed by atoms with E-state index in [2.05, 4.69) is 36.6 Å². The number of hydrogen-bond acceptors (Lipinski definition) is 12. The molecular formula is C36H56N2O11. The average molecular weight is 693 g/mol. The minimum absolute atomic E-state index is 0.00242. The van der Waals surface area contributed by atoms with Crippen LogP contribution >= 0.6 is 0 Å². The molecule has 13 nitrogen and oxygen atoms in total. The van der Waals surface area contributed by atoms with E-state index in [0.29, 0.717) is 51.8 Å². The van der Waals surface area contributed by atoms with Crippen molar-refractivity contribution in [2.75, 3.05) is 32.9 Å². The van der Waals surface area contributed by atoms with Crippen LogP contribution in [-0.4, -0.2) is 81.6 Å². The third-order valence-corrected chi connectivity index (χ3v) is 8.11. The van der Waals surface area contributed by atoms with Crippen molar-refractivity contribution in [2.24, 2.45) is 16.8 Å². The first kappa shape index (κ1) is 41.8. The van der Waals surface area contributed by atoms with Gasteiger partial charge in [0.25, 0.3) is 0 Å². The van der Waals surface area contributed by atoms with Crippen molar-refractivity contribution in [1.29, 1.82) is 0 Å². The Kier molecular flexibility index (Phi) is 21.1. The fourth-order valence-electron chi connectivity index (χ4n) is 5.47. The van der Waals surface area contributed by atoms with Crippen LogP contribution in [0.1, 0.15) is 84.5 Å². The van der Waals surface area contributed by atoms with Crippen LogP contribution in [0, 0.1) is 11.8 Å². The van der Waals surface area contributed by atoms with E-state index in [9.17, 15) is 14.4 Å². The van der Waals surface area contributed by atoms with Crippen molar-refractivity contribution >= 4 is 24.2 Å². The molecule has 6 atom stereocenters. The summed E-state index contributed by atoms with van der Waals surface area (Å²) in [6, 6.07) is 0. The molecule has 2 rings (SSSR count). The van der Waals surface area contributed by atoms with Crippen LogP contribution in [0.15, 0.2) is 54.6 Å². The number of nitrogens with one attached hydrogen (secondary N) is 1. The number of unbranched alkanes of at least 4 members (excludes halogenated alkanes) is 3. The minimum atomic E-state index is -0.608. The molecule has 2 fully saturated rings. The molecule has 2 saturated carbocycles. The Morgan fingerprint density at radius 3 is 2.29 bits per heavy atom. The predicted molar refractivity (Wildman–Crippen MR) is 183 cm³/mol. The van der Waals surface area contributed by atoms with Gasteiger partial charge in [-0.25, -0.2) is 29.1 Å². The van der Waals surface area contributed by atoms with E-state index >= 15 is 0 Å². The predicted octanol–water partition coefficient (Wildman–Crippen LogP) is 6.25. The van der Waals surface area contributed by atoms with Crippen molar-refractivity contribution < 1.29 is 53.2 Å². The Labute approximate surface area is 290 Å². The van der Waals surface area contributed by atoms with Gasteiger partial charge in [0, 0.05) is 25.1 Å². The van der Waals surface area contributed by atoms with E-state index < -0.39 is 30.4 Å². The largest absolute Gasteiger partial charge is 0.455 e. The van der Waals surface area contributed by atoms with Gasteiger partial charge in [0.15, 0.2) is 5.78 Å². The van der Waals surface area contributed by atoms with Crippen LogP contribution in [-0.2, 0) is 48.4 Å². The maximum Gasteiger partial charge on any atom is 0.407 e. The lowest BCUT2D eigenvalue weighted by Crippen LogP contribution is -2.43. The summed E-state index contributed by atoms with van der Waals surface area (Å²) < 4.78 is 11.2. The Morgan fingerprint density at radius 2 is 1.55 bits per heavy atom. The lowest BCUT2D eigenvalue weighted by Gasteiger charge is -2.34. The monoisotopic (exact) mass is 692 g/mol. The summed E-state index contributed by atoms with van der Waals surface area (Å²) in [5.74, 6) is -0.281. The molecule has 2 aliphatic rings. The zero-order valence-corrected chi connectivity index (χ0v) is 29.3. The third kappa shape index (κ3) is 18.3. The number of ketones is 1. The molecule has 0 heterocycles. The molecular weight excluding hydrogens is 636 g/mol. The second kappa shape index (κ2) is 24.7. The van der Waals surface area contributed by atoms with Crippen LogP contribution in [0.5, 0.6) is 0 Å². The van der Waals surface area contributed by atoms with Gasteiger partial charge in [-0.05, 0) is 83.1 Å². The van der Waals surface area contributed by atoms with Crippen molar-refractivity contribution in [2.45, 2.75) is 109 Å². The van der Waals surface area contributed by atoms with E-state index in [1.54, 1.807) is 13.0 Å². The fourth-order valence-corrected chi connectivity index (χ4v) is 5.47. The molecule has 276 valence electrons. The van der Waals surface area contributed by atoms with Gasteiger partial charge in [0.2, 0.25) is 6.40 Å². The summed E-state index contributed by atoms with van der Waals surface area (Å²) in [6.07, 6.45) is 9.33. The smallest absolute Gasteiger partial charge is 0.407 e. The topological polar surface area (TPSA) is 149 Å². The average Bonchev–Trinajstić information content (AvgIpc) is 3.07. The number of esters is 1. The van der Waals surface area contributed by atoms with E-state index in [-0.39, 0.29) is 42.5 Å². The van der Waals surface area contributed by atoms with Gasteiger partial charge in [-0.2, -0.15) is 4.89 Å². The van der Waals surface area contributed by atoms with Crippen LogP contribution < -0.4 is 5.32 Å². The second-order valence-corrected chi connectivity index (χ2v) is 12.7. The first-order chi connectivity index (χ1) is 23.6. The number of carbonyl (C=O) groups is 3. The number of nitrogens with zero attached hydrogens (tertiary/aromatic N) is 1. The van der Waals surface area contributed by atoms with Crippen molar-refractivity contribution in [3.63, 3.8) is 0 Å². The first-order valence-electron chi connectivity index (χ1n) is 17.2. The number of amides is 1. The Balaban J connectivity index is 1.65. The molecule has 0 spiro atoms. The van der Waals surface area contributed by atoms with E-state index in [1.165, 1.54) is 12.5 Å². The molecule has 13 heteroatoms. The SMILES string of the molecule is C=CCOOCC1CCC(OC(=O)C(=C)C)C(OC(=O)NCCCCCCN=COOC2CC(CC(=O)C=C)CCC2OOCC(=C)C)C1. The van der Waals surface area contributed by atoms with E-state index in [0.717, 1.165) is 44.1 Å². The summed E-state index contributed by atoms with van der Waals surface area (Å²) in [7, 11) is 0. The van der Waals surface area contributed by atoms with E-state index in [4.69, 9.17) is 38.8 Å². The highest BCUT2D eigenvalue weighted by Crippen LogP contribution is 2.32. The molecule has 0 bridgehead atoms. The molecule has 0 saturated heterocycles. The molecule has 0 aliphatic heterocycles. The lowest BCUT2D eigenvalue weighted by atomic mass is 9.82. The standard InChI is InChI=1S/C36H56N2O11/c1-7-19-42-43-24-29-14-15-31(46-35(40)27(5)6)33(22-29)47-36(41)38-18-12-10-9-11-17-37-25-45-49-34-21-28(20-30(39)8-2)13-16-32(34)48-44-23-26(3)4/h7-8,25,28-29,31-34H,1-3,5,9-24H2,4,6H3,(H,38,41). The zero-order chi connectivity index (χ0) is 35.9. The summed E-state index contributed by atoms with van der Waals surface area (Å²) >= 11 is 0. The maximum atomic E-state index is 12.6. The normalized spacial score (nSPS) is 23.7. The van der Waals surface area contributed by atoms with Gasteiger partial charge >= 0.3 is 12.1 Å². The van der Waals surface area contributed by atoms with Crippen LogP contribution in [0.3, 0.4) is 0 Å². The Bertz CT molecular complexity index is 1090.